The van der Waals surface area contributed by atoms with E-state index in [1.807, 2.05) is 30.5 Å². The van der Waals surface area contributed by atoms with E-state index in [1.54, 1.807) is 12.3 Å². The van der Waals surface area contributed by atoms with Gasteiger partial charge in [0.1, 0.15) is 17.3 Å². The van der Waals surface area contributed by atoms with Gasteiger partial charge >= 0.3 is 0 Å². The van der Waals surface area contributed by atoms with Crippen LogP contribution in [0.25, 0.3) is 22.3 Å². The van der Waals surface area contributed by atoms with Gasteiger partial charge in [0.25, 0.3) is 0 Å². The van der Waals surface area contributed by atoms with Crippen LogP contribution >= 0.6 is 0 Å². The first kappa shape index (κ1) is 23.8. The van der Waals surface area contributed by atoms with E-state index in [-0.39, 0.29) is 11.6 Å². The Labute approximate surface area is 210 Å². The first-order valence-electron chi connectivity index (χ1n) is 12.2. The summed E-state index contributed by atoms with van der Waals surface area (Å²) in [6.07, 6.45) is 4.78. The zero-order valence-electron chi connectivity index (χ0n) is 20.8. The first-order chi connectivity index (χ1) is 17.5. The predicted octanol–water partition coefficient (Wildman–Crippen LogP) is 3.96. The van der Waals surface area contributed by atoms with E-state index in [1.165, 1.54) is 6.20 Å². The molecule has 5 rings (SSSR count). The van der Waals surface area contributed by atoms with Crippen LogP contribution in [0.2, 0.25) is 0 Å². The second-order valence-corrected chi connectivity index (χ2v) is 8.81. The van der Waals surface area contributed by atoms with Crippen molar-refractivity contribution in [2.75, 3.05) is 61.4 Å². The molecule has 0 amide bonds. The van der Waals surface area contributed by atoms with Crippen LogP contribution < -0.4 is 15.1 Å². The maximum atomic E-state index is 14.8. The van der Waals surface area contributed by atoms with Gasteiger partial charge in [0.05, 0.1) is 35.3 Å². The molecule has 36 heavy (non-hydrogen) atoms. The number of piperazine rings is 1. The number of fused-ring (bicyclic) bond motifs is 1. The van der Waals surface area contributed by atoms with Crippen LogP contribution in [0.5, 0.6) is 0 Å². The van der Waals surface area contributed by atoms with Gasteiger partial charge in [0, 0.05) is 44.8 Å². The molecule has 1 aliphatic heterocycles. The molecule has 1 saturated heterocycles. The molecule has 4 heterocycles. The normalized spacial score (nSPS) is 14.3. The molecule has 4 aromatic rings. The lowest BCUT2D eigenvalue weighted by Gasteiger charge is -2.33. The smallest absolute Gasteiger partial charge is 0.229 e. The lowest BCUT2D eigenvalue weighted by molar-refractivity contribution is 0.313. The van der Waals surface area contributed by atoms with Crippen LogP contribution in [0.4, 0.5) is 27.7 Å². The number of nitrogens with one attached hydrogen (secondary N) is 1. The second kappa shape index (κ2) is 10.4. The Morgan fingerprint density at radius 1 is 0.889 bits per heavy atom. The van der Waals surface area contributed by atoms with Crippen molar-refractivity contribution in [1.82, 2.24) is 29.8 Å². The second-order valence-electron chi connectivity index (χ2n) is 8.81. The van der Waals surface area contributed by atoms with Gasteiger partial charge in [-0.15, -0.1) is 0 Å². The van der Waals surface area contributed by atoms with Crippen molar-refractivity contribution in [1.29, 1.82) is 0 Å². The van der Waals surface area contributed by atoms with Gasteiger partial charge in [0.15, 0.2) is 5.82 Å². The molecule has 1 aromatic carbocycles. The third-order valence-electron chi connectivity index (χ3n) is 6.49. The fraction of sp³-hybridized carbons (Fsp3) is 0.346. The lowest BCUT2D eigenvalue weighted by atomic mass is 10.1. The van der Waals surface area contributed by atoms with Crippen molar-refractivity contribution < 1.29 is 4.39 Å². The third-order valence-corrected chi connectivity index (χ3v) is 6.49. The summed E-state index contributed by atoms with van der Waals surface area (Å²) >= 11 is 0. The SMILES string of the molecule is CCN(CC)c1cnc2ccc(-c3nc(Nc4ccc(N5CCN(C)CC5)cn4)ncc3F)cc2n1. The van der Waals surface area contributed by atoms with E-state index in [2.05, 4.69) is 60.8 Å². The summed E-state index contributed by atoms with van der Waals surface area (Å²) in [5, 5.41) is 3.09. The van der Waals surface area contributed by atoms with Gasteiger partial charge in [-0.25, -0.2) is 24.3 Å². The molecule has 1 fully saturated rings. The lowest BCUT2D eigenvalue weighted by Crippen LogP contribution is -2.44. The molecule has 0 saturated carbocycles. The molecule has 0 bridgehead atoms. The van der Waals surface area contributed by atoms with Crippen molar-refractivity contribution in [3.8, 4) is 11.3 Å². The molecule has 10 heteroatoms. The van der Waals surface area contributed by atoms with Crippen LogP contribution in [-0.2, 0) is 0 Å². The number of likely N-dealkylation sites (N-methyl/N-ethyl adjacent to an activating group) is 1. The van der Waals surface area contributed by atoms with E-state index in [0.717, 1.165) is 56.3 Å². The minimum atomic E-state index is -0.508. The maximum absolute atomic E-state index is 14.8. The van der Waals surface area contributed by atoms with Crippen molar-refractivity contribution in [3.05, 3.63) is 54.7 Å². The van der Waals surface area contributed by atoms with Gasteiger partial charge in [-0.05, 0) is 45.2 Å². The van der Waals surface area contributed by atoms with Crippen LogP contribution in [0.3, 0.4) is 0 Å². The molecule has 1 N–H and O–H groups in total. The average Bonchev–Trinajstić information content (AvgIpc) is 2.91. The summed E-state index contributed by atoms with van der Waals surface area (Å²) in [7, 11) is 2.13. The molecule has 1 aliphatic rings. The summed E-state index contributed by atoms with van der Waals surface area (Å²) < 4.78 is 14.8. The Morgan fingerprint density at radius 3 is 2.42 bits per heavy atom. The highest BCUT2D eigenvalue weighted by Gasteiger charge is 2.15. The van der Waals surface area contributed by atoms with Crippen molar-refractivity contribution >= 4 is 34.3 Å². The zero-order valence-corrected chi connectivity index (χ0v) is 20.8. The molecule has 0 atom stereocenters. The quantitative estimate of drug-likeness (QED) is 0.416. The number of nitrogens with zero attached hydrogens (tertiary/aromatic N) is 8. The molecule has 0 spiro atoms. The molecule has 0 aliphatic carbocycles. The highest BCUT2D eigenvalue weighted by molar-refractivity contribution is 5.81. The molecular formula is C26H30FN9. The number of benzene rings is 1. The Kier molecular flexibility index (Phi) is 6.86. The zero-order chi connectivity index (χ0) is 25.1. The number of hydrogen-bond donors (Lipinski definition) is 1. The largest absolute Gasteiger partial charge is 0.368 e. The minimum absolute atomic E-state index is 0.193. The maximum Gasteiger partial charge on any atom is 0.229 e. The molecular weight excluding hydrogens is 457 g/mol. The third kappa shape index (κ3) is 5.03. The highest BCUT2D eigenvalue weighted by atomic mass is 19.1. The molecule has 3 aromatic heterocycles. The molecule has 0 unspecified atom stereocenters. The fourth-order valence-corrected chi connectivity index (χ4v) is 4.31. The van der Waals surface area contributed by atoms with Crippen LogP contribution in [-0.4, -0.2) is 76.1 Å². The van der Waals surface area contributed by atoms with Gasteiger partial charge < -0.3 is 20.0 Å². The fourth-order valence-electron chi connectivity index (χ4n) is 4.31. The molecule has 9 nitrogen and oxygen atoms in total. The molecule has 0 radical (unpaired) electrons. The van der Waals surface area contributed by atoms with Crippen molar-refractivity contribution in [2.24, 2.45) is 0 Å². The Morgan fingerprint density at radius 2 is 1.69 bits per heavy atom. The van der Waals surface area contributed by atoms with Crippen molar-refractivity contribution in [3.63, 3.8) is 0 Å². The van der Waals surface area contributed by atoms with Gasteiger partial charge in [-0.1, -0.05) is 6.07 Å². The summed E-state index contributed by atoms with van der Waals surface area (Å²) in [5.41, 5.74) is 3.31. The Balaban J connectivity index is 1.37. The van der Waals surface area contributed by atoms with Crippen LogP contribution in [0.15, 0.2) is 48.9 Å². The van der Waals surface area contributed by atoms with E-state index < -0.39 is 5.82 Å². The number of hydrogen-bond acceptors (Lipinski definition) is 9. The summed E-state index contributed by atoms with van der Waals surface area (Å²) in [6.45, 7) is 9.82. The summed E-state index contributed by atoms with van der Waals surface area (Å²) in [5.74, 6) is 1.15. The molecule has 186 valence electrons. The summed E-state index contributed by atoms with van der Waals surface area (Å²) in [4.78, 5) is 29.1. The van der Waals surface area contributed by atoms with Gasteiger partial charge in [0.2, 0.25) is 5.95 Å². The van der Waals surface area contributed by atoms with Crippen LogP contribution in [0, 0.1) is 5.82 Å². The van der Waals surface area contributed by atoms with Crippen LogP contribution in [0.1, 0.15) is 13.8 Å². The van der Waals surface area contributed by atoms with E-state index in [0.29, 0.717) is 16.9 Å². The topological polar surface area (TPSA) is 86.2 Å². The Hall–Kier alpha value is -3.92. The highest BCUT2D eigenvalue weighted by Crippen LogP contribution is 2.26. The van der Waals surface area contributed by atoms with Gasteiger partial charge in [-0.2, -0.15) is 0 Å². The van der Waals surface area contributed by atoms with Gasteiger partial charge in [-0.3, -0.25) is 4.98 Å². The predicted molar refractivity (Wildman–Crippen MR) is 141 cm³/mol. The number of rotatable bonds is 7. The number of aromatic nitrogens is 5. The number of anilines is 4. The van der Waals surface area contributed by atoms with Crippen molar-refractivity contribution in [2.45, 2.75) is 13.8 Å². The number of halogens is 1. The number of pyridine rings is 1. The monoisotopic (exact) mass is 487 g/mol. The Bertz CT molecular complexity index is 1330. The van der Waals surface area contributed by atoms with E-state index >= 15 is 0 Å². The van der Waals surface area contributed by atoms with E-state index in [9.17, 15) is 4.39 Å². The average molecular weight is 488 g/mol. The minimum Gasteiger partial charge on any atom is -0.368 e. The standard InChI is InChI=1S/C26H30FN9/c1-4-35(5-2)24-17-28-21-8-6-18(14-22(21)31-24)25-20(27)16-30-26(33-25)32-23-9-7-19(15-29-23)36-12-10-34(3)11-13-36/h6-9,14-17H,4-5,10-13H2,1-3H3,(H,29,30,32,33). The van der Waals surface area contributed by atoms with E-state index in [4.69, 9.17) is 4.98 Å². The first-order valence-corrected chi connectivity index (χ1v) is 12.2. The summed E-state index contributed by atoms with van der Waals surface area (Å²) in [6, 6.07) is 9.36.